The van der Waals surface area contributed by atoms with Crippen LogP contribution in [0.5, 0.6) is 0 Å². The van der Waals surface area contributed by atoms with Crippen molar-refractivity contribution in [2.75, 3.05) is 26.2 Å². The third-order valence-electron chi connectivity index (χ3n) is 4.56. The first kappa shape index (κ1) is 13.7. The second kappa shape index (κ2) is 5.60. The van der Waals surface area contributed by atoms with Gasteiger partial charge in [-0.1, -0.05) is 0 Å². The third kappa shape index (κ3) is 3.42. The fourth-order valence-corrected chi connectivity index (χ4v) is 3.00. The van der Waals surface area contributed by atoms with Crippen LogP contribution in [-0.4, -0.2) is 65.2 Å². The first-order valence-electron chi connectivity index (χ1n) is 7.65. The molecule has 3 fully saturated rings. The Hall–Kier alpha value is -1.30. The van der Waals surface area contributed by atoms with Crippen molar-refractivity contribution < 1.29 is 14.7 Å². The zero-order chi connectivity index (χ0) is 14.1. The lowest BCUT2D eigenvalue weighted by atomic mass is 10.1. The summed E-state index contributed by atoms with van der Waals surface area (Å²) in [5, 5.41) is 11.8. The minimum absolute atomic E-state index is 0.0401. The van der Waals surface area contributed by atoms with Crippen molar-refractivity contribution in [3.05, 3.63) is 0 Å². The molecule has 3 aliphatic rings. The largest absolute Gasteiger partial charge is 0.481 e. The van der Waals surface area contributed by atoms with E-state index in [0.29, 0.717) is 5.92 Å². The highest BCUT2D eigenvalue weighted by Crippen LogP contribution is 2.34. The monoisotopic (exact) mass is 281 g/mol. The highest BCUT2D eigenvalue weighted by Gasteiger charge is 2.36. The SMILES string of the molecule is O=C(O)CC(NC(=O)N1CCN(C2CC2)CC1)C1CC1. The molecule has 0 radical (unpaired) electrons. The number of carbonyl (C=O) groups excluding carboxylic acids is 1. The molecule has 1 heterocycles. The molecule has 2 N–H and O–H groups in total. The molecule has 1 atom stereocenters. The summed E-state index contributed by atoms with van der Waals surface area (Å²) >= 11 is 0. The number of carbonyl (C=O) groups is 2. The fourth-order valence-electron chi connectivity index (χ4n) is 3.00. The molecule has 112 valence electrons. The summed E-state index contributed by atoms with van der Waals surface area (Å²) in [5.41, 5.74) is 0. The molecule has 2 saturated carbocycles. The Labute approximate surface area is 119 Å². The van der Waals surface area contributed by atoms with Crippen molar-refractivity contribution >= 4 is 12.0 Å². The molecule has 0 aromatic carbocycles. The van der Waals surface area contributed by atoms with E-state index in [4.69, 9.17) is 5.11 Å². The van der Waals surface area contributed by atoms with E-state index in [1.54, 1.807) is 0 Å². The molecule has 1 saturated heterocycles. The third-order valence-corrected chi connectivity index (χ3v) is 4.56. The Morgan fingerprint density at radius 2 is 1.75 bits per heavy atom. The number of nitrogens with one attached hydrogen (secondary N) is 1. The van der Waals surface area contributed by atoms with Crippen LogP contribution in [0.4, 0.5) is 4.79 Å². The lowest BCUT2D eigenvalue weighted by molar-refractivity contribution is -0.137. The molecule has 20 heavy (non-hydrogen) atoms. The lowest BCUT2D eigenvalue weighted by Crippen LogP contribution is -2.54. The number of hydrogen-bond donors (Lipinski definition) is 2. The van der Waals surface area contributed by atoms with Crippen molar-refractivity contribution in [2.24, 2.45) is 5.92 Å². The molecule has 1 unspecified atom stereocenters. The van der Waals surface area contributed by atoms with Gasteiger partial charge in [-0.15, -0.1) is 0 Å². The van der Waals surface area contributed by atoms with Gasteiger partial charge < -0.3 is 15.3 Å². The van der Waals surface area contributed by atoms with E-state index >= 15 is 0 Å². The summed E-state index contributed by atoms with van der Waals surface area (Å²) in [6, 6.07) is 0.478. The average Bonchev–Trinajstić information content (AvgIpc) is 3.30. The number of rotatable bonds is 5. The van der Waals surface area contributed by atoms with E-state index in [-0.39, 0.29) is 18.5 Å². The first-order chi connectivity index (χ1) is 9.63. The van der Waals surface area contributed by atoms with E-state index in [2.05, 4.69) is 10.2 Å². The maximum absolute atomic E-state index is 12.2. The predicted molar refractivity (Wildman–Crippen MR) is 73.5 cm³/mol. The Morgan fingerprint density at radius 3 is 2.25 bits per heavy atom. The topological polar surface area (TPSA) is 72.9 Å². The molecule has 1 aliphatic heterocycles. The first-order valence-corrected chi connectivity index (χ1v) is 7.65. The molecule has 6 nitrogen and oxygen atoms in total. The summed E-state index contributed by atoms with van der Waals surface area (Å²) in [6.07, 6.45) is 4.71. The van der Waals surface area contributed by atoms with Crippen LogP contribution in [0.3, 0.4) is 0 Å². The molecule has 0 aromatic heterocycles. The Kier molecular flexibility index (Phi) is 3.83. The van der Waals surface area contributed by atoms with E-state index < -0.39 is 5.97 Å². The maximum Gasteiger partial charge on any atom is 0.317 e. The average molecular weight is 281 g/mol. The summed E-state index contributed by atoms with van der Waals surface area (Å²) < 4.78 is 0. The fraction of sp³-hybridized carbons (Fsp3) is 0.857. The van der Waals surface area contributed by atoms with Crippen LogP contribution < -0.4 is 5.32 Å². The van der Waals surface area contributed by atoms with Gasteiger partial charge in [0.25, 0.3) is 0 Å². The molecular formula is C14H23N3O3. The smallest absolute Gasteiger partial charge is 0.317 e. The zero-order valence-corrected chi connectivity index (χ0v) is 11.8. The number of aliphatic carboxylic acids is 1. The van der Waals surface area contributed by atoms with Gasteiger partial charge in [0, 0.05) is 38.3 Å². The molecule has 2 aliphatic carbocycles. The van der Waals surface area contributed by atoms with Crippen molar-refractivity contribution in [2.45, 2.75) is 44.2 Å². The van der Waals surface area contributed by atoms with Gasteiger partial charge in [-0.25, -0.2) is 4.79 Å². The van der Waals surface area contributed by atoms with Gasteiger partial charge in [0.05, 0.1) is 6.42 Å². The van der Waals surface area contributed by atoms with Crippen LogP contribution >= 0.6 is 0 Å². The summed E-state index contributed by atoms with van der Waals surface area (Å²) in [7, 11) is 0. The normalized spacial score (nSPS) is 25.3. The number of carboxylic acid groups (broad SMARTS) is 1. The van der Waals surface area contributed by atoms with Gasteiger partial charge in [0.2, 0.25) is 0 Å². The van der Waals surface area contributed by atoms with Gasteiger partial charge >= 0.3 is 12.0 Å². The second-order valence-electron chi connectivity index (χ2n) is 6.25. The van der Waals surface area contributed by atoms with Crippen LogP contribution in [-0.2, 0) is 4.79 Å². The van der Waals surface area contributed by atoms with E-state index in [0.717, 1.165) is 45.1 Å². The van der Waals surface area contributed by atoms with E-state index in [1.807, 2.05) is 4.90 Å². The number of amides is 2. The Bertz CT molecular complexity index is 385. The van der Waals surface area contributed by atoms with Gasteiger partial charge in [-0.2, -0.15) is 0 Å². The number of carboxylic acids is 1. The van der Waals surface area contributed by atoms with Crippen LogP contribution in [0.15, 0.2) is 0 Å². The molecule has 3 rings (SSSR count). The molecule has 2 amide bonds. The maximum atomic E-state index is 12.2. The van der Waals surface area contributed by atoms with Crippen LogP contribution in [0, 0.1) is 5.92 Å². The number of urea groups is 1. The Morgan fingerprint density at radius 1 is 1.10 bits per heavy atom. The van der Waals surface area contributed by atoms with E-state index in [1.165, 1.54) is 12.8 Å². The van der Waals surface area contributed by atoms with Crippen molar-refractivity contribution in [1.82, 2.24) is 15.1 Å². The highest BCUT2D eigenvalue weighted by molar-refractivity contribution is 5.76. The molecular weight excluding hydrogens is 258 g/mol. The van der Waals surface area contributed by atoms with Gasteiger partial charge in [0.15, 0.2) is 0 Å². The quantitative estimate of drug-likeness (QED) is 0.779. The van der Waals surface area contributed by atoms with Crippen LogP contribution in [0.2, 0.25) is 0 Å². The summed E-state index contributed by atoms with van der Waals surface area (Å²) in [4.78, 5) is 27.4. The summed E-state index contributed by atoms with van der Waals surface area (Å²) in [5.74, 6) is -0.469. The van der Waals surface area contributed by atoms with Gasteiger partial charge in [-0.05, 0) is 31.6 Å². The van der Waals surface area contributed by atoms with Gasteiger partial charge in [0.1, 0.15) is 0 Å². The zero-order valence-electron chi connectivity index (χ0n) is 11.8. The van der Waals surface area contributed by atoms with Gasteiger partial charge in [-0.3, -0.25) is 9.69 Å². The number of hydrogen-bond acceptors (Lipinski definition) is 3. The summed E-state index contributed by atoms with van der Waals surface area (Å²) in [6.45, 7) is 3.41. The van der Waals surface area contributed by atoms with Crippen molar-refractivity contribution in [3.63, 3.8) is 0 Å². The minimum atomic E-state index is -0.833. The predicted octanol–water partition coefficient (Wildman–Crippen LogP) is 0.729. The highest BCUT2D eigenvalue weighted by atomic mass is 16.4. The van der Waals surface area contributed by atoms with E-state index in [9.17, 15) is 9.59 Å². The van der Waals surface area contributed by atoms with Crippen LogP contribution in [0.1, 0.15) is 32.1 Å². The Balaban J connectivity index is 1.46. The molecule has 0 aromatic rings. The number of nitrogens with zero attached hydrogens (tertiary/aromatic N) is 2. The minimum Gasteiger partial charge on any atom is -0.481 e. The lowest BCUT2D eigenvalue weighted by Gasteiger charge is -2.35. The molecule has 0 bridgehead atoms. The molecule has 6 heteroatoms. The second-order valence-corrected chi connectivity index (χ2v) is 6.25. The van der Waals surface area contributed by atoms with Crippen molar-refractivity contribution in [1.29, 1.82) is 0 Å². The van der Waals surface area contributed by atoms with Crippen LogP contribution in [0.25, 0.3) is 0 Å². The standard InChI is InChI=1S/C14H23N3O3/c18-13(19)9-12(10-1-2-10)15-14(20)17-7-5-16(6-8-17)11-3-4-11/h10-12H,1-9H2,(H,15,20)(H,18,19). The van der Waals surface area contributed by atoms with Crippen molar-refractivity contribution in [3.8, 4) is 0 Å². The number of piperazine rings is 1. The molecule has 0 spiro atoms.